The number of carbonyl (C=O) groups is 3. The number of ether oxygens (including phenoxy) is 2. The molecule has 0 saturated carbocycles. The Morgan fingerprint density at radius 1 is 0.977 bits per heavy atom. The van der Waals surface area contributed by atoms with Gasteiger partial charge in [0.1, 0.15) is 41.1 Å². The second-order valence-electron chi connectivity index (χ2n) is 9.68. The van der Waals surface area contributed by atoms with E-state index >= 15 is 13.2 Å². The highest BCUT2D eigenvalue weighted by molar-refractivity contribution is 6.05. The van der Waals surface area contributed by atoms with E-state index in [-0.39, 0.29) is 35.8 Å². The number of nitrogens with one attached hydrogen (secondary N) is 1. The van der Waals surface area contributed by atoms with Crippen molar-refractivity contribution in [3.05, 3.63) is 77.1 Å². The summed E-state index contributed by atoms with van der Waals surface area (Å²) in [6, 6.07) is 6.71. The van der Waals surface area contributed by atoms with E-state index in [9.17, 15) is 28.3 Å². The zero-order valence-electron chi connectivity index (χ0n) is 22.3. The van der Waals surface area contributed by atoms with Gasteiger partial charge in [-0.3, -0.25) is 24.2 Å². The van der Waals surface area contributed by atoms with Gasteiger partial charge in [0.05, 0.1) is 7.11 Å². The Kier molecular flexibility index (Phi) is 8.17. The van der Waals surface area contributed by atoms with Crippen LogP contribution in [-0.4, -0.2) is 66.8 Å². The van der Waals surface area contributed by atoms with E-state index in [1.54, 1.807) is 0 Å². The second kappa shape index (κ2) is 11.8. The summed E-state index contributed by atoms with van der Waals surface area (Å²) in [6.45, 7) is -3.55. The first-order chi connectivity index (χ1) is 20.5. The average Bonchev–Trinajstić information content (AvgIpc) is 3.46. The summed E-state index contributed by atoms with van der Waals surface area (Å²) >= 11 is 0. The lowest BCUT2D eigenvalue weighted by Crippen LogP contribution is -2.44. The number of anilines is 2. The molecule has 3 aromatic rings. The Morgan fingerprint density at radius 2 is 1.65 bits per heavy atom. The normalized spacial score (nSPS) is 20.2. The van der Waals surface area contributed by atoms with Crippen molar-refractivity contribution in [1.82, 2.24) is 10.3 Å². The van der Waals surface area contributed by atoms with Gasteiger partial charge in [-0.15, -0.1) is 0 Å². The summed E-state index contributed by atoms with van der Waals surface area (Å²) in [5.74, 6) is -8.15. The number of aliphatic hydroxyl groups excluding tert-OH is 1. The van der Waals surface area contributed by atoms with E-state index in [0.717, 1.165) is 52.3 Å². The van der Waals surface area contributed by atoms with Gasteiger partial charge in [-0.05, 0) is 36.4 Å². The van der Waals surface area contributed by atoms with E-state index in [4.69, 9.17) is 4.74 Å². The number of hydrogen-bond donors (Lipinski definition) is 2. The number of nitrogens with zero attached hydrogens (tertiary/aromatic N) is 3. The number of pyridine rings is 1. The fraction of sp³-hybridized carbons (Fsp3) is 0.286. The van der Waals surface area contributed by atoms with Crippen LogP contribution in [0, 0.1) is 17.5 Å². The van der Waals surface area contributed by atoms with Crippen LogP contribution in [0.25, 0.3) is 0 Å². The van der Waals surface area contributed by atoms with Crippen LogP contribution in [0.15, 0.2) is 48.5 Å². The number of halogens is 5. The molecule has 2 aliphatic rings. The summed E-state index contributed by atoms with van der Waals surface area (Å²) in [5.41, 5.74) is -0.684. The van der Waals surface area contributed by atoms with Crippen molar-refractivity contribution >= 4 is 29.4 Å². The van der Waals surface area contributed by atoms with Gasteiger partial charge >= 0.3 is 6.61 Å². The number of aromatic nitrogens is 1. The minimum atomic E-state index is -3.10. The first-order valence-corrected chi connectivity index (χ1v) is 12.8. The first kappa shape index (κ1) is 29.7. The summed E-state index contributed by atoms with van der Waals surface area (Å²) in [6.07, 6.45) is -1.16. The van der Waals surface area contributed by atoms with Crippen LogP contribution < -0.4 is 24.6 Å². The van der Waals surface area contributed by atoms with Crippen LogP contribution in [0.4, 0.5) is 33.6 Å². The van der Waals surface area contributed by atoms with Crippen molar-refractivity contribution in [2.75, 3.05) is 30.0 Å². The predicted molar refractivity (Wildman–Crippen MR) is 140 cm³/mol. The smallest absolute Gasteiger partial charge is 0.387 e. The molecule has 0 radical (unpaired) electrons. The molecule has 0 aliphatic carbocycles. The zero-order chi connectivity index (χ0) is 31.0. The molecule has 2 fully saturated rings. The maximum absolute atomic E-state index is 15.2. The van der Waals surface area contributed by atoms with E-state index in [2.05, 4.69) is 15.0 Å². The van der Waals surface area contributed by atoms with Crippen molar-refractivity contribution < 1.29 is 50.9 Å². The van der Waals surface area contributed by atoms with Crippen molar-refractivity contribution in [2.24, 2.45) is 0 Å². The minimum absolute atomic E-state index is 0.0669. The molecule has 1 aromatic heterocycles. The van der Waals surface area contributed by atoms with Gasteiger partial charge < -0.3 is 19.9 Å². The third-order valence-corrected chi connectivity index (χ3v) is 7.12. The van der Waals surface area contributed by atoms with Crippen LogP contribution >= 0.6 is 0 Å². The molecule has 5 rings (SSSR count). The molecule has 10 nitrogen and oxygen atoms in total. The number of alkyl halides is 2. The van der Waals surface area contributed by atoms with Gasteiger partial charge in [0, 0.05) is 48.7 Å². The Hall–Kier alpha value is -4.79. The fourth-order valence-corrected chi connectivity index (χ4v) is 5.04. The summed E-state index contributed by atoms with van der Waals surface area (Å²) in [4.78, 5) is 45.1. The van der Waals surface area contributed by atoms with Gasteiger partial charge in [0.2, 0.25) is 0 Å². The molecule has 226 valence electrons. The third kappa shape index (κ3) is 5.80. The minimum Gasteiger partial charge on any atom is -0.497 e. The van der Waals surface area contributed by atoms with Crippen molar-refractivity contribution in [3.63, 3.8) is 0 Å². The number of methoxy groups -OCH3 is 1. The van der Waals surface area contributed by atoms with E-state index < -0.39 is 77.8 Å². The molecule has 0 spiro atoms. The molecule has 2 unspecified atom stereocenters. The van der Waals surface area contributed by atoms with Crippen molar-refractivity contribution in [3.8, 4) is 11.5 Å². The van der Waals surface area contributed by atoms with Crippen molar-refractivity contribution in [1.29, 1.82) is 0 Å². The summed E-state index contributed by atoms with van der Waals surface area (Å²) in [5, 5.41) is 12.2. The topological polar surface area (TPSA) is 121 Å². The molecule has 15 heteroatoms. The van der Waals surface area contributed by atoms with E-state index in [0.29, 0.717) is 0 Å². The van der Waals surface area contributed by atoms with E-state index in [1.165, 1.54) is 13.2 Å². The Morgan fingerprint density at radius 3 is 2.23 bits per heavy atom. The molecule has 0 bridgehead atoms. The van der Waals surface area contributed by atoms with Gasteiger partial charge in [-0.25, -0.2) is 18.2 Å². The summed E-state index contributed by atoms with van der Waals surface area (Å²) < 4.78 is 79.7. The maximum Gasteiger partial charge on any atom is 0.387 e. The van der Waals surface area contributed by atoms with E-state index in [1.807, 2.05) is 0 Å². The van der Waals surface area contributed by atoms with Crippen LogP contribution in [0.1, 0.15) is 28.3 Å². The number of amides is 3. The largest absolute Gasteiger partial charge is 0.497 e. The number of benzene rings is 2. The highest BCUT2D eigenvalue weighted by Gasteiger charge is 2.46. The molecule has 2 aliphatic heterocycles. The third-order valence-electron chi connectivity index (χ3n) is 7.12. The predicted octanol–water partition coefficient (Wildman–Crippen LogP) is 3.14. The highest BCUT2D eigenvalue weighted by atomic mass is 19.3. The highest BCUT2D eigenvalue weighted by Crippen LogP contribution is 2.37. The number of aliphatic hydroxyl groups is 1. The van der Waals surface area contributed by atoms with Crippen LogP contribution in [0.5, 0.6) is 11.5 Å². The second-order valence-corrected chi connectivity index (χ2v) is 9.68. The Labute approximate surface area is 240 Å². The monoisotopic (exact) mass is 606 g/mol. The van der Waals surface area contributed by atoms with Gasteiger partial charge in [-0.2, -0.15) is 8.78 Å². The molecule has 2 saturated heterocycles. The zero-order valence-corrected chi connectivity index (χ0v) is 22.3. The molecule has 3 amide bonds. The lowest BCUT2D eigenvalue weighted by Gasteiger charge is -2.20. The van der Waals surface area contributed by atoms with Gasteiger partial charge in [0.15, 0.2) is 11.6 Å². The van der Waals surface area contributed by atoms with Gasteiger partial charge in [0.25, 0.3) is 17.7 Å². The van der Waals surface area contributed by atoms with Crippen molar-refractivity contribution in [2.45, 2.75) is 31.1 Å². The standard InChI is InChI=1S/C28H23F5N4O6/c1-42-15-10-18(30)22(19(31)11-15)16-12-37(24-17(29)6-7-21(34-24)36-9-8-20(38)26(36)40)27(41)23(16)35-25(39)13-2-4-14(5-3-13)43-28(32)33/h2-7,10-11,16,20,23,28,38H,8-9,12H2,1H3,(H,35,39)/t16-,20?,23?/m0/s1. The fourth-order valence-electron chi connectivity index (χ4n) is 5.04. The van der Waals surface area contributed by atoms with Crippen LogP contribution in [-0.2, 0) is 9.59 Å². The Balaban J connectivity index is 1.51. The lowest BCUT2D eigenvalue weighted by molar-refractivity contribution is -0.124. The maximum atomic E-state index is 15.2. The number of carbonyl (C=O) groups excluding carboxylic acids is 3. The quantitative estimate of drug-likeness (QED) is 0.378. The molecule has 2 N–H and O–H groups in total. The molecule has 3 atom stereocenters. The molecular weight excluding hydrogens is 583 g/mol. The van der Waals surface area contributed by atoms with Crippen LogP contribution in [0.3, 0.4) is 0 Å². The number of rotatable bonds is 8. The SMILES string of the molecule is COc1cc(F)c([C@@H]2CN(c3nc(N4CCC(O)C4=O)ccc3F)C(=O)C2NC(=O)c2ccc(OC(F)F)cc2)c(F)c1. The molecule has 43 heavy (non-hydrogen) atoms. The molecule has 3 heterocycles. The lowest BCUT2D eigenvalue weighted by atomic mass is 9.92. The summed E-state index contributed by atoms with van der Waals surface area (Å²) in [7, 11) is 1.20. The van der Waals surface area contributed by atoms with Gasteiger partial charge in [-0.1, -0.05) is 0 Å². The molecular formula is C28H23F5N4O6. The first-order valence-electron chi connectivity index (χ1n) is 12.8. The molecule has 2 aromatic carbocycles. The Bertz CT molecular complexity index is 1550. The van der Waals surface area contributed by atoms with Crippen LogP contribution in [0.2, 0.25) is 0 Å². The number of hydrogen-bond acceptors (Lipinski definition) is 7. The average molecular weight is 607 g/mol.